The van der Waals surface area contributed by atoms with Gasteiger partial charge in [-0.3, -0.25) is 0 Å². The SMILES string of the molecule is COc1ccccc1P(=O)(c1ccccc1OC)c1ccccc1OC.COc1ccccc1P(c1ccccc1OC)c1ccccc1OC. The third kappa shape index (κ3) is 7.76. The van der Waals surface area contributed by atoms with Gasteiger partial charge in [0.15, 0.2) is 7.14 Å². The summed E-state index contributed by atoms with van der Waals surface area (Å²) in [5.74, 6) is 4.29. The molecule has 0 amide bonds. The number of benzene rings is 6. The average Bonchev–Trinajstić information content (AvgIpc) is 3.21. The monoisotopic (exact) mass is 720 g/mol. The van der Waals surface area contributed by atoms with Crippen molar-refractivity contribution in [1.82, 2.24) is 0 Å². The normalized spacial score (nSPS) is 10.8. The van der Waals surface area contributed by atoms with E-state index in [-0.39, 0.29) is 0 Å². The summed E-state index contributed by atoms with van der Waals surface area (Å²) in [5, 5.41) is 5.22. The Bertz CT molecular complexity index is 1860. The van der Waals surface area contributed by atoms with E-state index in [0.29, 0.717) is 33.2 Å². The van der Waals surface area contributed by atoms with Crippen LogP contribution in [0.1, 0.15) is 0 Å². The van der Waals surface area contributed by atoms with Crippen molar-refractivity contribution in [3.63, 3.8) is 0 Å². The molecule has 7 nitrogen and oxygen atoms in total. The largest absolute Gasteiger partial charge is 0.496 e. The molecule has 0 atom stereocenters. The Morgan fingerprint density at radius 1 is 0.333 bits per heavy atom. The zero-order valence-electron chi connectivity index (χ0n) is 29.6. The molecule has 0 saturated heterocycles. The second-order valence-corrected chi connectivity index (χ2v) is 15.8. The second-order valence-electron chi connectivity index (χ2n) is 11.0. The maximum Gasteiger partial charge on any atom is 0.181 e. The molecule has 0 N–H and O–H groups in total. The van der Waals surface area contributed by atoms with Crippen LogP contribution in [0.2, 0.25) is 0 Å². The summed E-state index contributed by atoms with van der Waals surface area (Å²) in [6.07, 6.45) is 0. The number of ether oxygens (including phenoxy) is 6. The Morgan fingerprint density at radius 2 is 0.549 bits per heavy atom. The van der Waals surface area contributed by atoms with Gasteiger partial charge in [0.05, 0.1) is 58.6 Å². The first-order valence-electron chi connectivity index (χ1n) is 16.2. The fourth-order valence-corrected chi connectivity index (χ4v) is 11.6. The highest BCUT2D eigenvalue weighted by Crippen LogP contribution is 2.49. The molecule has 0 saturated carbocycles. The number of methoxy groups -OCH3 is 6. The van der Waals surface area contributed by atoms with Crippen LogP contribution in [0.25, 0.3) is 0 Å². The molecule has 0 heterocycles. The maximum atomic E-state index is 14.7. The van der Waals surface area contributed by atoms with Crippen molar-refractivity contribution in [3.8, 4) is 34.5 Å². The van der Waals surface area contributed by atoms with Crippen molar-refractivity contribution in [3.05, 3.63) is 146 Å². The third-order valence-corrected chi connectivity index (χ3v) is 13.9. The minimum absolute atomic E-state index is 0.563. The first-order chi connectivity index (χ1) is 25.0. The van der Waals surface area contributed by atoms with Gasteiger partial charge in [-0.1, -0.05) is 91.0 Å². The lowest BCUT2D eigenvalue weighted by Gasteiger charge is -2.24. The van der Waals surface area contributed by atoms with Crippen molar-refractivity contribution in [2.75, 3.05) is 42.7 Å². The Balaban J connectivity index is 0.000000198. The van der Waals surface area contributed by atoms with Gasteiger partial charge in [-0.2, -0.15) is 0 Å². The van der Waals surface area contributed by atoms with E-state index in [1.165, 1.54) is 0 Å². The van der Waals surface area contributed by atoms with Crippen LogP contribution in [0.15, 0.2) is 146 Å². The predicted octanol–water partition coefficient (Wildman–Crippen LogP) is 6.82. The van der Waals surface area contributed by atoms with Gasteiger partial charge in [0.25, 0.3) is 0 Å². The van der Waals surface area contributed by atoms with E-state index in [0.717, 1.165) is 33.2 Å². The van der Waals surface area contributed by atoms with E-state index >= 15 is 0 Å². The summed E-state index contributed by atoms with van der Waals surface area (Å²) in [4.78, 5) is 0. The Kier molecular flexibility index (Phi) is 12.8. The minimum Gasteiger partial charge on any atom is -0.496 e. The summed E-state index contributed by atoms with van der Waals surface area (Å²) in [6, 6.07) is 46.5. The van der Waals surface area contributed by atoms with Crippen LogP contribution in [-0.4, -0.2) is 42.7 Å². The molecule has 6 aromatic carbocycles. The van der Waals surface area contributed by atoms with E-state index < -0.39 is 15.1 Å². The molecular formula is C42H42O7P2. The van der Waals surface area contributed by atoms with Gasteiger partial charge in [-0.25, -0.2) is 0 Å². The highest BCUT2D eigenvalue weighted by atomic mass is 31.2. The van der Waals surface area contributed by atoms with Gasteiger partial charge >= 0.3 is 0 Å². The lowest BCUT2D eigenvalue weighted by Crippen LogP contribution is -2.28. The fourth-order valence-electron chi connectivity index (χ4n) is 5.89. The van der Waals surface area contributed by atoms with E-state index in [1.807, 2.05) is 127 Å². The smallest absolute Gasteiger partial charge is 0.181 e. The van der Waals surface area contributed by atoms with Crippen LogP contribution in [0, 0.1) is 0 Å². The quantitative estimate of drug-likeness (QED) is 0.129. The van der Waals surface area contributed by atoms with E-state index in [9.17, 15) is 4.57 Å². The molecule has 0 aliphatic rings. The van der Waals surface area contributed by atoms with Gasteiger partial charge in [0.1, 0.15) is 34.5 Å². The van der Waals surface area contributed by atoms with E-state index in [4.69, 9.17) is 28.4 Å². The summed E-state index contributed by atoms with van der Waals surface area (Å²) in [5.41, 5.74) is 0. The van der Waals surface area contributed by atoms with Crippen LogP contribution in [0.3, 0.4) is 0 Å². The highest BCUT2D eigenvalue weighted by Gasteiger charge is 2.37. The molecule has 0 spiro atoms. The van der Waals surface area contributed by atoms with Crippen molar-refractivity contribution < 1.29 is 33.0 Å². The molecule has 9 heteroatoms. The van der Waals surface area contributed by atoms with Crippen molar-refractivity contribution in [2.45, 2.75) is 0 Å². The topological polar surface area (TPSA) is 72.5 Å². The number of hydrogen-bond acceptors (Lipinski definition) is 7. The van der Waals surface area contributed by atoms with Gasteiger partial charge in [0.2, 0.25) is 0 Å². The van der Waals surface area contributed by atoms with Crippen molar-refractivity contribution in [2.24, 2.45) is 0 Å². The van der Waals surface area contributed by atoms with Crippen LogP contribution in [0.4, 0.5) is 0 Å². The lowest BCUT2D eigenvalue weighted by atomic mass is 10.3. The Morgan fingerprint density at radius 3 is 0.804 bits per heavy atom. The van der Waals surface area contributed by atoms with E-state index in [1.54, 1.807) is 42.7 Å². The molecule has 0 aromatic heterocycles. The number of rotatable bonds is 12. The summed E-state index contributed by atoms with van der Waals surface area (Å²) in [6.45, 7) is 0. The molecule has 6 aromatic rings. The average molecular weight is 721 g/mol. The van der Waals surface area contributed by atoms with Gasteiger partial charge in [-0.05, 0) is 62.5 Å². The van der Waals surface area contributed by atoms with Crippen LogP contribution in [-0.2, 0) is 4.57 Å². The Labute approximate surface area is 301 Å². The molecule has 0 aliphatic heterocycles. The molecular weight excluding hydrogens is 678 g/mol. The summed E-state index contributed by atoms with van der Waals surface area (Å²) >= 11 is 0. The lowest BCUT2D eigenvalue weighted by molar-refractivity contribution is 0.415. The predicted molar refractivity (Wildman–Crippen MR) is 210 cm³/mol. The zero-order chi connectivity index (χ0) is 36.2. The summed E-state index contributed by atoms with van der Waals surface area (Å²) < 4.78 is 48.3. The number of para-hydroxylation sites is 6. The van der Waals surface area contributed by atoms with Crippen molar-refractivity contribution >= 4 is 46.9 Å². The molecule has 0 aliphatic carbocycles. The van der Waals surface area contributed by atoms with Crippen LogP contribution >= 0.6 is 15.1 Å². The van der Waals surface area contributed by atoms with E-state index in [2.05, 4.69) is 18.2 Å². The maximum absolute atomic E-state index is 14.7. The molecule has 0 fully saturated rings. The fraction of sp³-hybridized carbons (Fsp3) is 0.143. The molecule has 6 rings (SSSR count). The molecule has 0 unspecified atom stereocenters. The molecule has 262 valence electrons. The van der Waals surface area contributed by atoms with Gasteiger partial charge in [0, 0.05) is 15.9 Å². The molecule has 0 radical (unpaired) electrons. The van der Waals surface area contributed by atoms with Crippen LogP contribution in [0.5, 0.6) is 34.5 Å². The first-order valence-corrected chi connectivity index (χ1v) is 19.2. The second kappa shape index (κ2) is 17.6. The minimum atomic E-state index is -3.31. The first kappa shape index (κ1) is 37.0. The highest BCUT2D eigenvalue weighted by molar-refractivity contribution is 7.85. The van der Waals surface area contributed by atoms with Crippen molar-refractivity contribution in [1.29, 1.82) is 0 Å². The standard InChI is InChI=1S/C21H21O4P.C21H21O3P/c1-23-16-10-4-7-13-19(16)26(22,20-14-8-5-11-17(20)24-2)21-15-9-6-12-18(21)25-3;1-22-16-10-4-7-13-19(16)25(20-14-8-5-11-17(20)23-2)21-15-9-6-12-18(21)24-3/h4-15H,1-3H3;4-15H,1-3H3. The Hall–Kier alpha value is -5.22. The summed E-state index contributed by atoms with van der Waals surface area (Å²) in [7, 11) is 5.63. The van der Waals surface area contributed by atoms with Gasteiger partial charge < -0.3 is 33.0 Å². The van der Waals surface area contributed by atoms with Gasteiger partial charge in [-0.15, -0.1) is 0 Å². The van der Waals surface area contributed by atoms with Crippen LogP contribution < -0.4 is 60.2 Å². The number of hydrogen-bond donors (Lipinski definition) is 0. The molecule has 51 heavy (non-hydrogen) atoms. The molecule has 0 bridgehead atoms. The zero-order valence-corrected chi connectivity index (χ0v) is 31.4. The third-order valence-electron chi connectivity index (χ3n) is 8.25.